The lowest BCUT2D eigenvalue weighted by Gasteiger charge is -2.22. The van der Waals surface area contributed by atoms with Crippen LogP contribution in [-0.4, -0.2) is 42.0 Å². The average molecular weight is 504 g/mol. The number of nitrogens with zero attached hydrogens (tertiary/aromatic N) is 3. The topological polar surface area (TPSA) is 61.7 Å². The van der Waals surface area contributed by atoms with Crippen molar-refractivity contribution in [3.63, 3.8) is 0 Å². The van der Waals surface area contributed by atoms with E-state index in [1.807, 2.05) is 62.1 Å². The van der Waals surface area contributed by atoms with Crippen molar-refractivity contribution in [2.24, 2.45) is 12.0 Å². The van der Waals surface area contributed by atoms with E-state index in [2.05, 4.69) is 15.5 Å². The molecule has 8 heteroatoms. The number of hydrogen-bond acceptors (Lipinski definition) is 2. The Bertz CT molecular complexity index is 773. The van der Waals surface area contributed by atoms with Crippen LogP contribution < -0.4 is 10.6 Å². The zero-order valence-electron chi connectivity index (χ0n) is 16.1. The minimum Gasteiger partial charge on any atom is -0.357 e. The number of nitrogens with one attached hydrogen (secondary N) is 2. The van der Waals surface area contributed by atoms with Gasteiger partial charge in [0.2, 0.25) is 0 Å². The molecule has 0 spiro atoms. The van der Waals surface area contributed by atoms with Gasteiger partial charge in [-0.1, -0.05) is 23.7 Å². The lowest BCUT2D eigenvalue weighted by molar-refractivity contribution is 0.0963. The smallest absolute Gasteiger partial charge is 0.251 e. The standard InChI is InChI=1S/C19H26ClN5O.HI/c1-5-22-19(25(4)13-17-10-16(20)12-24(17)3)23-11-14-6-8-15(9-7-14)18(26)21-2;/h6-10,12H,5,11,13H2,1-4H3,(H,21,26)(H,22,23);1H. The Kier molecular flexibility index (Phi) is 9.65. The van der Waals surface area contributed by atoms with Gasteiger partial charge in [-0.15, -0.1) is 24.0 Å². The van der Waals surface area contributed by atoms with Crippen LogP contribution in [0.3, 0.4) is 0 Å². The van der Waals surface area contributed by atoms with Crippen LogP contribution in [0.4, 0.5) is 0 Å². The van der Waals surface area contributed by atoms with Crippen LogP contribution in [0.5, 0.6) is 0 Å². The Balaban J connectivity index is 0.00000364. The van der Waals surface area contributed by atoms with Crippen molar-refractivity contribution in [2.75, 3.05) is 20.6 Å². The molecule has 0 aliphatic heterocycles. The highest BCUT2D eigenvalue weighted by Gasteiger charge is 2.10. The maximum Gasteiger partial charge on any atom is 0.251 e. The molecule has 0 saturated carbocycles. The largest absolute Gasteiger partial charge is 0.357 e. The molecule has 27 heavy (non-hydrogen) atoms. The van der Waals surface area contributed by atoms with Crippen molar-refractivity contribution >= 4 is 47.4 Å². The van der Waals surface area contributed by atoms with Crippen LogP contribution in [0.1, 0.15) is 28.5 Å². The molecule has 6 nitrogen and oxygen atoms in total. The van der Waals surface area contributed by atoms with Crippen molar-refractivity contribution < 1.29 is 4.79 Å². The van der Waals surface area contributed by atoms with E-state index in [1.54, 1.807) is 7.05 Å². The summed E-state index contributed by atoms with van der Waals surface area (Å²) >= 11 is 6.06. The zero-order chi connectivity index (χ0) is 19.1. The summed E-state index contributed by atoms with van der Waals surface area (Å²) in [5.74, 6) is 0.731. The molecule has 1 aromatic carbocycles. The number of aliphatic imine (C=N–C) groups is 1. The predicted molar refractivity (Wildman–Crippen MR) is 122 cm³/mol. The van der Waals surface area contributed by atoms with Crippen molar-refractivity contribution in [1.82, 2.24) is 20.1 Å². The number of rotatable bonds is 6. The third-order valence-electron chi connectivity index (χ3n) is 4.02. The second-order valence-electron chi connectivity index (χ2n) is 6.06. The third-order valence-corrected chi connectivity index (χ3v) is 4.23. The maximum absolute atomic E-state index is 11.6. The maximum atomic E-state index is 11.6. The van der Waals surface area contributed by atoms with Gasteiger partial charge in [0.15, 0.2) is 5.96 Å². The van der Waals surface area contributed by atoms with Crippen molar-refractivity contribution in [1.29, 1.82) is 0 Å². The molecular weight excluding hydrogens is 477 g/mol. The fourth-order valence-electron chi connectivity index (χ4n) is 2.58. The molecule has 148 valence electrons. The predicted octanol–water partition coefficient (Wildman–Crippen LogP) is 3.25. The van der Waals surface area contributed by atoms with Gasteiger partial charge in [-0.3, -0.25) is 4.79 Å². The Morgan fingerprint density at radius 2 is 1.96 bits per heavy atom. The number of carbonyl (C=O) groups excluding carboxylic acids is 1. The number of carbonyl (C=O) groups is 1. The number of aromatic nitrogens is 1. The zero-order valence-corrected chi connectivity index (χ0v) is 19.2. The van der Waals surface area contributed by atoms with Crippen LogP contribution in [0.2, 0.25) is 5.02 Å². The van der Waals surface area contributed by atoms with E-state index in [0.717, 1.165) is 28.8 Å². The van der Waals surface area contributed by atoms with E-state index in [-0.39, 0.29) is 29.9 Å². The van der Waals surface area contributed by atoms with E-state index < -0.39 is 0 Å². The molecule has 0 saturated heterocycles. The van der Waals surface area contributed by atoms with Gasteiger partial charge in [-0.05, 0) is 30.7 Å². The van der Waals surface area contributed by atoms with E-state index in [4.69, 9.17) is 16.6 Å². The second-order valence-corrected chi connectivity index (χ2v) is 6.50. The molecule has 0 fully saturated rings. The number of halogens is 2. The third kappa shape index (κ3) is 6.73. The van der Waals surface area contributed by atoms with Gasteiger partial charge in [-0.25, -0.2) is 4.99 Å². The van der Waals surface area contributed by atoms with Crippen molar-refractivity contribution in [2.45, 2.75) is 20.0 Å². The van der Waals surface area contributed by atoms with Crippen LogP contribution in [0.25, 0.3) is 0 Å². The lowest BCUT2D eigenvalue weighted by Crippen LogP contribution is -2.38. The molecule has 0 radical (unpaired) electrons. The van der Waals surface area contributed by atoms with Gasteiger partial charge < -0.3 is 20.1 Å². The number of guanidine groups is 1. The summed E-state index contributed by atoms with van der Waals surface area (Å²) < 4.78 is 2.01. The van der Waals surface area contributed by atoms with E-state index in [9.17, 15) is 4.79 Å². The molecule has 1 heterocycles. The summed E-state index contributed by atoms with van der Waals surface area (Å²) in [4.78, 5) is 18.4. The molecule has 1 amide bonds. The molecule has 0 atom stereocenters. The van der Waals surface area contributed by atoms with E-state index in [0.29, 0.717) is 18.7 Å². The first kappa shape index (κ1) is 23.3. The monoisotopic (exact) mass is 503 g/mol. The minimum absolute atomic E-state index is 0. The fraction of sp³-hybridized carbons (Fsp3) is 0.368. The number of amides is 1. The van der Waals surface area contributed by atoms with Gasteiger partial charge in [0.05, 0.1) is 18.1 Å². The summed E-state index contributed by atoms with van der Waals surface area (Å²) in [5, 5.41) is 6.66. The summed E-state index contributed by atoms with van der Waals surface area (Å²) in [5.41, 5.74) is 2.80. The molecular formula is C19H27ClIN5O. The summed E-state index contributed by atoms with van der Waals surface area (Å²) in [6, 6.07) is 9.43. The highest BCUT2D eigenvalue weighted by molar-refractivity contribution is 14.0. The van der Waals surface area contributed by atoms with Gasteiger partial charge >= 0.3 is 0 Å². The quantitative estimate of drug-likeness (QED) is 0.361. The SMILES string of the molecule is CCNC(=NCc1ccc(C(=O)NC)cc1)N(C)Cc1cc(Cl)cn1C.I. The molecule has 0 bridgehead atoms. The van der Waals surface area contributed by atoms with Gasteiger partial charge in [0, 0.05) is 45.1 Å². The lowest BCUT2D eigenvalue weighted by atomic mass is 10.1. The Hall–Kier alpha value is -1.74. The second kappa shape index (κ2) is 11.2. The number of benzene rings is 1. The first-order valence-corrected chi connectivity index (χ1v) is 8.93. The molecule has 2 N–H and O–H groups in total. The number of hydrogen-bond donors (Lipinski definition) is 2. The highest BCUT2D eigenvalue weighted by Crippen LogP contribution is 2.14. The summed E-state index contributed by atoms with van der Waals surface area (Å²) in [7, 11) is 5.60. The van der Waals surface area contributed by atoms with Crippen molar-refractivity contribution in [3.05, 3.63) is 58.4 Å². The number of aryl methyl sites for hydroxylation is 1. The van der Waals surface area contributed by atoms with Crippen LogP contribution in [0, 0.1) is 0 Å². The fourth-order valence-corrected chi connectivity index (χ4v) is 2.86. The Labute approximate surface area is 183 Å². The van der Waals surface area contributed by atoms with Crippen LogP contribution >= 0.6 is 35.6 Å². The Morgan fingerprint density at radius 1 is 1.30 bits per heavy atom. The minimum atomic E-state index is -0.0886. The molecule has 1 aromatic heterocycles. The van der Waals surface area contributed by atoms with Gasteiger partial charge in [-0.2, -0.15) is 0 Å². The molecule has 0 aliphatic carbocycles. The van der Waals surface area contributed by atoms with E-state index >= 15 is 0 Å². The molecule has 2 aromatic rings. The van der Waals surface area contributed by atoms with Gasteiger partial charge in [0.25, 0.3) is 5.91 Å². The summed E-state index contributed by atoms with van der Waals surface area (Å²) in [6.07, 6.45) is 1.89. The molecule has 0 aliphatic rings. The Morgan fingerprint density at radius 3 is 2.48 bits per heavy atom. The first-order valence-electron chi connectivity index (χ1n) is 8.55. The normalized spacial score (nSPS) is 10.9. The van der Waals surface area contributed by atoms with Crippen LogP contribution in [0.15, 0.2) is 41.5 Å². The molecule has 0 unspecified atom stereocenters. The van der Waals surface area contributed by atoms with E-state index in [1.165, 1.54) is 0 Å². The highest BCUT2D eigenvalue weighted by atomic mass is 127. The van der Waals surface area contributed by atoms with Gasteiger partial charge in [0.1, 0.15) is 0 Å². The molecule has 2 rings (SSSR count). The van der Waals surface area contributed by atoms with Crippen LogP contribution in [-0.2, 0) is 20.1 Å². The average Bonchev–Trinajstić information content (AvgIpc) is 2.95. The first-order chi connectivity index (χ1) is 12.4. The summed E-state index contributed by atoms with van der Waals surface area (Å²) in [6.45, 7) is 4.06. The van der Waals surface area contributed by atoms with Crippen molar-refractivity contribution in [3.8, 4) is 0 Å².